The van der Waals surface area contributed by atoms with Crippen molar-refractivity contribution in [3.05, 3.63) is 25.0 Å². The van der Waals surface area contributed by atoms with Crippen molar-refractivity contribution >= 4 is 47.8 Å². The molecule has 0 radical (unpaired) electrons. The average molecular weight is 472 g/mol. The topological polar surface area (TPSA) is 16.9 Å². The van der Waals surface area contributed by atoms with Gasteiger partial charge in [0.2, 0.25) is 0 Å². The van der Waals surface area contributed by atoms with Crippen LogP contribution < -0.4 is 9.64 Å². The minimum atomic E-state index is 0.865. The van der Waals surface area contributed by atoms with E-state index in [9.17, 15) is 0 Å². The van der Waals surface area contributed by atoms with Crippen LogP contribution in [0.3, 0.4) is 0 Å². The van der Waals surface area contributed by atoms with E-state index in [0.717, 1.165) is 38.8 Å². The Hall–Kier alpha value is 0.380. The van der Waals surface area contributed by atoms with Gasteiger partial charge in [-0.25, -0.2) is 0 Å². The third kappa shape index (κ3) is 3.97. The first-order valence-corrected chi connectivity index (χ1v) is 9.15. The summed E-state index contributed by atoms with van der Waals surface area (Å²) in [5.41, 5.74) is 1.27. The van der Waals surface area contributed by atoms with Gasteiger partial charge in [-0.2, -0.15) is 0 Å². The fraction of sp³-hybridized carbons (Fsp3) is 0.571. The molecule has 0 aliphatic carbocycles. The Kier molecular flexibility index (Phi) is 6.35. The lowest BCUT2D eigenvalue weighted by atomic mass is 10.1. The lowest BCUT2D eigenvalue weighted by Crippen LogP contribution is -3.12. The molecule has 20 heavy (non-hydrogen) atoms. The smallest absolute Gasteiger partial charge is 0.147 e. The lowest BCUT2D eigenvalue weighted by molar-refractivity contribution is -0.896. The van der Waals surface area contributed by atoms with E-state index in [4.69, 9.17) is 4.74 Å². The number of halogens is 3. The molecule has 1 aromatic rings. The average Bonchev–Trinajstić information content (AvgIpc) is 2.38. The first kappa shape index (κ1) is 16.7. The highest BCUT2D eigenvalue weighted by Crippen LogP contribution is 2.40. The van der Waals surface area contributed by atoms with Crippen LogP contribution in [0, 0.1) is 0 Å². The summed E-state index contributed by atoms with van der Waals surface area (Å²) in [6.07, 6.45) is 2.30. The zero-order valence-electron chi connectivity index (χ0n) is 11.8. The van der Waals surface area contributed by atoms with E-state index >= 15 is 0 Å². The van der Waals surface area contributed by atoms with Crippen LogP contribution in [0.25, 0.3) is 0 Å². The predicted molar refractivity (Wildman–Crippen MR) is 92.6 cm³/mol. The van der Waals surface area contributed by atoms with Crippen LogP contribution >= 0.6 is 47.8 Å². The summed E-state index contributed by atoms with van der Waals surface area (Å²) in [5, 5.41) is 0. The van der Waals surface area contributed by atoms with Crippen molar-refractivity contribution in [2.24, 2.45) is 0 Å². The molecule has 112 valence electrons. The van der Waals surface area contributed by atoms with Gasteiger partial charge < -0.3 is 9.64 Å². The fourth-order valence-electron chi connectivity index (χ4n) is 2.63. The van der Waals surface area contributed by atoms with Gasteiger partial charge >= 0.3 is 0 Å². The van der Waals surface area contributed by atoms with Crippen LogP contribution in [-0.4, -0.2) is 45.4 Å². The molecule has 1 N–H and O–H groups in total. The quantitative estimate of drug-likeness (QED) is 0.727. The zero-order valence-corrected chi connectivity index (χ0v) is 16.6. The summed E-state index contributed by atoms with van der Waals surface area (Å²) in [6.45, 7) is 4.72. The Balaban J connectivity index is 2.09. The maximum atomic E-state index is 5.45. The van der Waals surface area contributed by atoms with Crippen molar-refractivity contribution in [2.75, 3.05) is 40.5 Å². The molecule has 1 aliphatic rings. The maximum absolute atomic E-state index is 5.45. The van der Waals surface area contributed by atoms with Gasteiger partial charge in [0.25, 0.3) is 0 Å². The van der Waals surface area contributed by atoms with Crippen LogP contribution in [0.2, 0.25) is 0 Å². The molecule has 0 amide bonds. The molecule has 1 unspecified atom stereocenters. The third-order valence-corrected chi connectivity index (χ3v) is 5.81. The second-order valence-electron chi connectivity index (χ2n) is 5.25. The van der Waals surface area contributed by atoms with E-state index in [1.165, 1.54) is 25.1 Å². The van der Waals surface area contributed by atoms with Crippen molar-refractivity contribution in [1.29, 1.82) is 0 Å². The number of benzene rings is 1. The normalized spacial score (nSPS) is 20.1. The van der Waals surface area contributed by atoms with Gasteiger partial charge in [-0.1, -0.05) is 15.9 Å². The molecule has 3 nitrogen and oxygen atoms in total. The van der Waals surface area contributed by atoms with Crippen LogP contribution in [0.15, 0.2) is 19.5 Å². The number of nitrogens with zero attached hydrogens (tertiary/aromatic N) is 1. The van der Waals surface area contributed by atoms with Gasteiger partial charge in [0.1, 0.15) is 12.4 Å². The minimum Gasteiger partial charge on any atom is -0.494 e. The van der Waals surface area contributed by atoms with E-state index in [-0.39, 0.29) is 0 Å². The summed E-state index contributed by atoms with van der Waals surface area (Å²) >= 11 is 10.9. The summed E-state index contributed by atoms with van der Waals surface area (Å²) in [5.74, 6) is 0.865. The number of ether oxygens (including phenoxy) is 1. The molecular weight excluding hydrogens is 452 g/mol. The number of methoxy groups -OCH3 is 1. The number of hydrogen-bond acceptors (Lipinski definition) is 2. The van der Waals surface area contributed by atoms with Gasteiger partial charge in [0, 0.05) is 24.0 Å². The van der Waals surface area contributed by atoms with Crippen LogP contribution in [0.4, 0.5) is 0 Å². The first-order chi connectivity index (χ1) is 9.52. The molecule has 1 saturated heterocycles. The largest absolute Gasteiger partial charge is 0.494 e. The highest BCUT2D eigenvalue weighted by Gasteiger charge is 2.19. The predicted octanol–water partition coefficient (Wildman–Crippen LogP) is 2.70. The molecule has 1 atom stereocenters. The van der Waals surface area contributed by atoms with Gasteiger partial charge in [0.05, 0.1) is 29.6 Å². The molecule has 0 aromatic heterocycles. The highest BCUT2D eigenvalue weighted by molar-refractivity contribution is 9.11. The Bertz CT molecular complexity index is 482. The van der Waals surface area contributed by atoms with Crippen molar-refractivity contribution < 1.29 is 9.64 Å². The molecule has 1 heterocycles. The number of hydrogen-bond donors (Lipinski definition) is 1. The Labute approximate surface area is 146 Å². The van der Waals surface area contributed by atoms with E-state index in [1.807, 2.05) is 0 Å². The minimum absolute atomic E-state index is 0.865. The van der Waals surface area contributed by atoms with Crippen molar-refractivity contribution in [3.63, 3.8) is 0 Å². The van der Waals surface area contributed by atoms with Crippen molar-refractivity contribution in [1.82, 2.24) is 4.90 Å². The molecule has 2 rings (SSSR count). The van der Waals surface area contributed by atoms with Gasteiger partial charge in [0.15, 0.2) is 0 Å². The number of quaternary nitrogens is 1. The van der Waals surface area contributed by atoms with Crippen molar-refractivity contribution in [3.8, 4) is 5.75 Å². The maximum Gasteiger partial charge on any atom is 0.147 e. The summed E-state index contributed by atoms with van der Waals surface area (Å²) < 4.78 is 8.57. The van der Waals surface area contributed by atoms with Gasteiger partial charge in [-0.05, 0) is 49.9 Å². The van der Waals surface area contributed by atoms with Crippen molar-refractivity contribution in [2.45, 2.75) is 12.8 Å². The van der Waals surface area contributed by atoms with Crippen LogP contribution in [0.5, 0.6) is 5.75 Å². The molecule has 6 heteroatoms. The second-order valence-corrected chi connectivity index (χ2v) is 7.75. The molecule has 1 fully saturated rings. The number of rotatable bonds is 4. The van der Waals surface area contributed by atoms with E-state index in [2.05, 4.69) is 65.8 Å². The number of nitrogens with one attached hydrogen (secondary N) is 1. The molecule has 1 aromatic carbocycles. The van der Waals surface area contributed by atoms with E-state index in [1.54, 1.807) is 12.0 Å². The Morgan fingerprint density at radius 1 is 1.30 bits per heavy atom. The molecular formula is C14H20Br3N2O+. The summed E-state index contributed by atoms with van der Waals surface area (Å²) in [6, 6.07) is 2.06. The second kappa shape index (κ2) is 7.58. The van der Waals surface area contributed by atoms with E-state index < -0.39 is 0 Å². The standard InChI is InChI=1S/C14H19Br3N2O/c1-18-5-3-6-19(9-18)7-4-10-11(15)8-12(16)14(20-2)13(10)17/h8H,3-7,9H2,1-2H3/p+1. The fourth-order valence-corrected chi connectivity index (χ4v) is 5.47. The third-order valence-electron chi connectivity index (χ3n) is 3.68. The lowest BCUT2D eigenvalue weighted by Gasteiger charge is -2.30. The van der Waals surface area contributed by atoms with Crippen LogP contribution in [-0.2, 0) is 6.42 Å². The monoisotopic (exact) mass is 469 g/mol. The summed E-state index contributed by atoms with van der Waals surface area (Å²) in [7, 11) is 3.96. The molecule has 0 bridgehead atoms. The van der Waals surface area contributed by atoms with Gasteiger partial charge in [-0.3, -0.25) is 4.90 Å². The molecule has 1 aliphatic heterocycles. The Morgan fingerprint density at radius 2 is 2.05 bits per heavy atom. The van der Waals surface area contributed by atoms with E-state index in [0.29, 0.717) is 0 Å². The Morgan fingerprint density at radius 3 is 2.70 bits per heavy atom. The van der Waals surface area contributed by atoms with Gasteiger partial charge in [-0.15, -0.1) is 0 Å². The van der Waals surface area contributed by atoms with Crippen LogP contribution in [0.1, 0.15) is 12.0 Å². The zero-order chi connectivity index (χ0) is 14.7. The SMILES string of the molecule is COc1c(Br)cc(Br)c(CCN2CCC[NH+](C)C2)c1Br. The highest BCUT2D eigenvalue weighted by atomic mass is 79.9. The first-order valence-electron chi connectivity index (χ1n) is 6.77. The molecule has 0 spiro atoms. The summed E-state index contributed by atoms with van der Waals surface area (Å²) in [4.78, 5) is 4.13. The molecule has 0 saturated carbocycles.